The van der Waals surface area contributed by atoms with Crippen LogP contribution in [0.2, 0.25) is 0 Å². The molecule has 146 valence electrons. The minimum atomic E-state index is -3.11. The van der Waals surface area contributed by atoms with Gasteiger partial charge < -0.3 is 4.57 Å². The van der Waals surface area contributed by atoms with E-state index in [1.165, 1.54) is 23.0 Å². The van der Waals surface area contributed by atoms with E-state index in [-0.39, 0.29) is 23.2 Å². The van der Waals surface area contributed by atoms with Crippen LogP contribution in [-0.2, 0) is 23.9 Å². The first-order valence-corrected chi connectivity index (χ1v) is 11.4. The third-order valence-corrected chi connectivity index (χ3v) is 7.99. The zero-order valence-electron chi connectivity index (χ0n) is 15.2. The fraction of sp³-hybridized carbons (Fsp3) is 0.353. The van der Waals surface area contributed by atoms with Gasteiger partial charge in [0.2, 0.25) is 5.78 Å². The molecule has 1 unspecified atom stereocenters. The SMILES string of the molecule is Cn1c(=O)c2c(nc3n(C4CCS(=O)(=O)C4)c(-c4cccs4)cn23)n(C)c1=O. The van der Waals surface area contributed by atoms with Crippen LogP contribution in [0.4, 0.5) is 0 Å². The number of fused-ring (bicyclic) bond motifs is 3. The smallest absolute Gasteiger partial charge is 0.305 e. The van der Waals surface area contributed by atoms with Gasteiger partial charge in [-0.25, -0.2) is 13.2 Å². The number of hydrogen-bond acceptors (Lipinski definition) is 6. The van der Waals surface area contributed by atoms with Crippen LogP contribution in [0.1, 0.15) is 12.5 Å². The Hall–Kier alpha value is -2.66. The number of aromatic nitrogens is 5. The first-order chi connectivity index (χ1) is 13.3. The van der Waals surface area contributed by atoms with E-state index >= 15 is 0 Å². The molecule has 0 saturated carbocycles. The van der Waals surface area contributed by atoms with Gasteiger partial charge in [0, 0.05) is 20.3 Å². The maximum absolute atomic E-state index is 12.8. The topological polar surface area (TPSA) is 100 Å². The molecular weight excluding hydrogens is 402 g/mol. The second kappa shape index (κ2) is 5.67. The number of rotatable bonds is 2. The largest absolute Gasteiger partial charge is 0.332 e. The van der Waals surface area contributed by atoms with Crippen LogP contribution in [0.25, 0.3) is 27.5 Å². The van der Waals surface area contributed by atoms with E-state index in [1.807, 2.05) is 28.3 Å². The molecule has 5 rings (SSSR count). The average Bonchev–Trinajstić information content (AvgIpc) is 3.40. The molecule has 0 N–H and O–H groups in total. The summed E-state index contributed by atoms with van der Waals surface area (Å²) >= 11 is 1.54. The number of imidazole rings is 2. The molecule has 9 nitrogen and oxygen atoms in total. The highest BCUT2D eigenvalue weighted by atomic mass is 32.2. The first-order valence-electron chi connectivity index (χ1n) is 8.72. The summed E-state index contributed by atoms with van der Waals surface area (Å²) in [5, 5.41) is 1.95. The third kappa shape index (κ3) is 2.29. The van der Waals surface area contributed by atoms with Crippen LogP contribution in [0.3, 0.4) is 0 Å². The van der Waals surface area contributed by atoms with Crippen molar-refractivity contribution in [2.24, 2.45) is 14.1 Å². The maximum Gasteiger partial charge on any atom is 0.332 e. The van der Waals surface area contributed by atoms with Crippen LogP contribution in [0.5, 0.6) is 0 Å². The molecule has 5 heterocycles. The summed E-state index contributed by atoms with van der Waals surface area (Å²) in [5.74, 6) is 0.640. The van der Waals surface area contributed by atoms with E-state index < -0.39 is 21.1 Å². The molecule has 1 atom stereocenters. The van der Waals surface area contributed by atoms with Crippen molar-refractivity contribution in [3.63, 3.8) is 0 Å². The van der Waals surface area contributed by atoms with E-state index in [0.29, 0.717) is 17.7 Å². The molecule has 1 aliphatic heterocycles. The van der Waals surface area contributed by atoms with E-state index in [9.17, 15) is 18.0 Å². The number of nitrogens with zero attached hydrogens (tertiary/aromatic N) is 5. The van der Waals surface area contributed by atoms with Crippen LogP contribution in [-0.4, -0.2) is 43.0 Å². The lowest BCUT2D eigenvalue weighted by Gasteiger charge is -2.13. The van der Waals surface area contributed by atoms with E-state index in [4.69, 9.17) is 0 Å². The van der Waals surface area contributed by atoms with Crippen molar-refractivity contribution in [1.82, 2.24) is 23.1 Å². The van der Waals surface area contributed by atoms with Gasteiger partial charge in [0.25, 0.3) is 5.56 Å². The first kappa shape index (κ1) is 17.4. The van der Waals surface area contributed by atoms with Gasteiger partial charge in [-0.2, -0.15) is 4.98 Å². The van der Waals surface area contributed by atoms with Crippen molar-refractivity contribution in [1.29, 1.82) is 0 Å². The Kier molecular flexibility index (Phi) is 3.53. The molecule has 0 aromatic carbocycles. The normalized spacial score (nSPS) is 19.1. The molecule has 0 aliphatic carbocycles. The Balaban J connectivity index is 1.92. The molecule has 1 aliphatic rings. The Bertz CT molecular complexity index is 1470. The molecule has 4 aromatic heterocycles. The van der Waals surface area contributed by atoms with Gasteiger partial charge in [-0.1, -0.05) is 6.07 Å². The maximum atomic E-state index is 12.8. The van der Waals surface area contributed by atoms with E-state index in [1.54, 1.807) is 11.4 Å². The number of aryl methyl sites for hydroxylation is 1. The zero-order chi connectivity index (χ0) is 19.8. The molecule has 0 radical (unpaired) electrons. The molecule has 1 saturated heterocycles. The minimum absolute atomic E-state index is 0.0376. The number of sulfone groups is 1. The second-order valence-corrected chi connectivity index (χ2v) is 10.3. The number of thiophene rings is 1. The zero-order valence-corrected chi connectivity index (χ0v) is 16.8. The molecule has 0 spiro atoms. The van der Waals surface area contributed by atoms with Crippen LogP contribution in [0.15, 0.2) is 33.3 Å². The van der Waals surface area contributed by atoms with E-state index in [0.717, 1.165) is 15.1 Å². The molecule has 0 amide bonds. The lowest BCUT2D eigenvalue weighted by Crippen LogP contribution is -2.37. The van der Waals surface area contributed by atoms with Gasteiger partial charge >= 0.3 is 5.69 Å². The molecular formula is C17H17N5O4S2. The highest BCUT2D eigenvalue weighted by Crippen LogP contribution is 2.35. The second-order valence-electron chi connectivity index (χ2n) is 7.08. The molecule has 11 heteroatoms. The summed E-state index contributed by atoms with van der Waals surface area (Å²) in [4.78, 5) is 30.6. The van der Waals surface area contributed by atoms with Gasteiger partial charge in [0.05, 0.1) is 28.1 Å². The van der Waals surface area contributed by atoms with Crippen molar-refractivity contribution in [2.45, 2.75) is 12.5 Å². The summed E-state index contributed by atoms with van der Waals surface area (Å²) in [6.45, 7) is 0. The monoisotopic (exact) mass is 419 g/mol. The lowest BCUT2D eigenvalue weighted by molar-refractivity contribution is 0.571. The Morgan fingerprint density at radius 3 is 2.64 bits per heavy atom. The fourth-order valence-corrected chi connectivity index (χ4v) is 6.37. The molecule has 1 fully saturated rings. The van der Waals surface area contributed by atoms with E-state index in [2.05, 4.69) is 4.98 Å². The lowest BCUT2D eigenvalue weighted by atomic mass is 10.2. The minimum Gasteiger partial charge on any atom is -0.305 e. The highest BCUT2D eigenvalue weighted by molar-refractivity contribution is 7.91. The summed E-state index contributed by atoms with van der Waals surface area (Å²) in [6, 6.07) is 3.61. The van der Waals surface area contributed by atoms with Gasteiger partial charge in [0.1, 0.15) is 0 Å². The predicted octanol–water partition coefficient (Wildman–Crippen LogP) is 0.775. The summed E-state index contributed by atoms with van der Waals surface area (Å²) in [6.07, 6.45) is 2.30. The summed E-state index contributed by atoms with van der Waals surface area (Å²) in [5.41, 5.74) is 0.524. The number of hydrogen-bond donors (Lipinski definition) is 0. The summed E-state index contributed by atoms with van der Waals surface area (Å²) in [7, 11) is -0.106. The van der Waals surface area contributed by atoms with Gasteiger partial charge in [-0.3, -0.25) is 18.3 Å². The molecule has 28 heavy (non-hydrogen) atoms. The van der Waals surface area contributed by atoms with Crippen molar-refractivity contribution < 1.29 is 8.42 Å². The molecule has 0 bridgehead atoms. The average molecular weight is 419 g/mol. The predicted molar refractivity (Wildman–Crippen MR) is 107 cm³/mol. The van der Waals surface area contributed by atoms with Gasteiger partial charge in [-0.15, -0.1) is 11.3 Å². The van der Waals surface area contributed by atoms with Crippen molar-refractivity contribution >= 4 is 38.1 Å². The third-order valence-electron chi connectivity index (χ3n) is 5.35. The van der Waals surface area contributed by atoms with Crippen LogP contribution < -0.4 is 11.2 Å². The summed E-state index contributed by atoms with van der Waals surface area (Å²) < 4.78 is 30.2. The Morgan fingerprint density at radius 1 is 1.21 bits per heavy atom. The van der Waals surface area contributed by atoms with Gasteiger partial charge in [0.15, 0.2) is 21.0 Å². The van der Waals surface area contributed by atoms with Crippen molar-refractivity contribution in [3.05, 3.63) is 44.5 Å². The standard InChI is InChI=1S/C17H17N5O4S2/c1-19-14-13(15(23)20(2)17(19)24)21-8-11(12-4-3-6-27-12)22(16(21)18-14)10-5-7-28(25,26)9-10/h3-4,6,8,10H,5,7,9H2,1-2H3. The van der Waals surface area contributed by atoms with Crippen molar-refractivity contribution in [2.75, 3.05) is 11.5 Å². The van der Waals surface area contributed by atoms with Crippen LogP contribution >= 0.6 is 11.3 Å². The quantitative estimate of drug-likeness (QED) is 0.478. The fourth-order valence-electron chi connectivity index (χ4n) is 3.93. The van der Waals surface area contributed by atoms with Gasteiger partial charge in [-0.05, 0) is 17.9 Å². The van der Waals surface area contributed by atoms with Crippen LogP contribution in [0, 0.1) is 0 Å². The van der Waals surface area contributed by atoms with Crippen molar-refractivity contribution in [3.8, 4) is 10.6 Å². The molecule has 4 aromatic rings. The Labute approximate surface area is 163 Å². The highest BCUT2D eigenvalue weighted by Gasteiger charge is 2.33. The Morgan fingerprint density at radius 2 is 2.00 bits per heavy atom.